The number of hydrogen-bond acceptors (Lipinski definition) is 7. The second-order valence-corrected chi connectivity index (χ2v) is 11.8. The molecule has 210 valence electrons. The van der Waals surface area contributed by atoms with E-state index in [1.54, 1.807) is 12.4 Å². The van der Waals surface area contributed by atoms with Crippen LogP contribution in [0.2, 0.25) is 0 Å². The highest BCUT2D eigenvalue weighted by molar-refractivity contribution is 7.88. The van der Waals surface area contributed by atoms with Gasteiger partial charge < -0.3 is 15.4 Å². The predicted octanol–water partition coefficient (Wildman–Crippen LogP) is 3.06. The number of hydrogen-bond donors (Lipinski definition) is 2. The van der Waals surface area contributed by atoms with Crippen molar-refractivity contribution in [2.45, 2.75) is 76.8 Å². The first-order chi connectivity index (χ1) is 18.0. The van der Waals surface area contributed by atoms with Gasteiger partial charge in [0, 0.05) is 45.1 Å². The highest BCUT2D eigenvalue weighted by Gasteiger charge is 2.32. The molecule has 1 aliphatic carbocycles. The fourth-order valence-electron chi connectivity index (χ4n) is 4.77. The first-order valence-electron chi connectivity index (χ1n) is 13.9. The number of rotatable bonds is 16. The van der Waals surface area contributed by atoms with Gasteiger partial charge in [0.15, 0.2) is 0 Å². The first-order valence-corrected chi connectivity index (χ1v) is 15.5. The molecule has 1 aliphatic heterocycles. The number of carbonyl (C=O) groups is 1. The zero-order valence-electron chi connectivity index (χ0n) is 22.1. The smallest absolute Gasteiger partial charge is 0.315 e. The summed E-state index contributed by atoms with van der Waals surface area (Å²) in [6.07, 6.45) is 12.7. The lowest BCUT2D eigenvalue weighted by atomic mass is 9.96. The molecule has 0 bridgehead atoms. The summed E-state index contributed by atoms with van der Waals surface area (Å²) in [4.78, 5) is 24.1. The van der Waals surface area contributed by atoms with Crippen molar-refractivity contribution in [1.82, 2.24) is 25.0 Å². The Morgan fingerprint density at radius 1 is 1.08 bits per heavy atom. The van der Waals surface area contributed by atoms with Crippen LogP contribution in [0.4, 0.5) is 4.79 Å². The molecule has 0 aromatic carbocycles. The van der Waals surface area contributed by atoms with Crippen LogP contribution in [0.25, 0.3) is 0 Å². The van der Waals surface area contributed by atoms with Gasteiger partial charge in [0.05, 0.1) is 31.6 Å². The van der Waals surface area contributed by atoms with Gasteiger partial charge in [-0.3, -0.25) is 14.7 Å². The van der Waals surface area contributed by atoms with Gasteiger partial charge >= 0.3 is 6.03 Å². The van der Waals surface area contributed by atoms with Crippen LogP contribution >= 0.6 is 0 Å². The Bertz CT molecular complexity index is 861. The van der Waals surface area contributed by atoms with E-state index in [0.717, 1.165) is 89.8 Å². The Hall–Kier alpha value is -1.79. The lowest BCUT2D eigenvalue weighted by Crippen LogP contribution is -2.45. The average Bonchev–Trinajstić information content (AvgIpc) is 2.93. The SMILES string of the molecule is O=C(NCCCCCCCS(=O)(=O)N(OCCN1CCOCC1)C1CCCCC1)NCc1cccnc1. The highest BCUT2D eigenvalue weighted by Crippen LogP contribution is 2.26. The van der Waals surface area contributed by atoms with Crippen LogP contribution < -0.4 is 10.6 Å². The number of aromatic nitrogens is 1. The van der Waals surface area contributed by atoms with Crippen molar-refractivity contribution < 1.29 is 22.8 Å². The van der Waals surface area contributed by atoms with Crippen LogP contribution in [0.3, 0.4) is 0 Å². The minimum absolute atomic E-state index is 0.0428. The number of unbranched alkanes of at least 4 members (excludes halogenated alkanes) is 4. The Balaban J connectivity index is 1.28. The first kappa shape index (κ1) is 29.8. The molecule has 0 unspecified atom stereocenters. The zero-order valence-corrected chi connectivity index (χ0v) is 22.9. The number of ether oxygens (including phenoxy) is 1. The molecule has 0 spiro atoms. The molecule has 11 heteroatoms. The van der Waals surface area contributed by atoms with Crippen LogP contribution in [0.1, 0.15) is 69.8 Å². The third kappa shape index (κ3) is 11.6. The van der Waals surface area contributed by atoms with Crippen LogP contribution in [0.5, 0.6) is 0 Å². The summed E-state index contributed by atoms with van der Waals surface area (Å²) in [5.41, 5.74) is 0.956. The van der Waals surface area contributed by atoms with Crippen molar-refractivity contribution in [1.29, 1.82) is 0 Å². The number of amides is 2. The summed E-state index contributed by atoms with van der Waals surface area (Å²) in [7, 11) is -3.46. The molecule has 0 atom stereocenters. The summed E-state index contributed by atoms with van der Waals surface area (Å²) >= 11 is 0. The third-order valence-electron chi connectivity index (χ3n) is 6.92. The molecule has 10 nitrogen and oxygen atoms in total. The lowest BCUT2D eigenvalue weighted by Gasteiger charge is -2.33. The van der Waals surface area contributed by atoms with E-state index < -0.39 is 10.0 Å². The number of hydroxylamine groups is 1. The summed E-state index contributed by atoms with van der Waals surface area (Å²) in [5, 5.41) is 5.68. The van der Waals surface area contributed by atoms with Crippen molar-refractivity contribution in [2.24, 2.45) is 0 Å². The van der Waals surface area contributed by atoms with Crippen molar-refractivity contribution in [3.63, 3.8) is 0 Å². The van der Waals surface area contributed by atoms with Crippen molar-refractivity contribution in [3.8, 4) is 0 Å². The van der Waals surface area contributed by atoms with Crippen molar-refractivity contribution >= 4 is 16.1 Å². The molecule has 1 aromatic heterocycles. The van der Waals surface area contributed by atoms with E-state index in [9.17, 15) is 13.2 Å². The molecule has 1 aromatic rings. The molecule has 37 heavy (non-hydrogen) atoms. The summed E-state index contributed by atoms with van der Waals surface area (Å²) in [6.45, 7) is 5.33. The third-order valence-corrected chi connectivity index (χ3v) is 8.67. The predicted molar refractivity (Wildman–Crippen MR) is 143 cm³/mol. The zero-order chi connectivity index (χ0) is 26.2. The number of carbonyl (C=O) groups excluding carboxylic acids is 1. The van der Waals surface area contributed by atoms with Gasteiger partial charge in [0.1, 0.15) is 0 Å². The number of urea groups is 1. The summed E-state index contributed by atoms with van der Waals surface area (Å²) in [6, 6.07) is 3.53. The number of nitrogens with zero attached hydrogens (tertiary/aromatic N) is 3. The van der Waals surface area contributed by atoms with E-state index in [4.69, 9.17) is 9.57 Å². The van der Waals surface area contributed by atoms with Gasteiger partial charge in [-0.1, -0.05) is 49.1 Å². The minimum Gasteiger partial charge on any atom is -0.379 e. The molecule has 2 amide bonds. The maximum Gasteiger partial charge on any atom is 0.315 e. The van der Waals surface area contributed by atoms with Gasteiger partial charge in [-0.2, -0.15) is 0 Å². The standard InChI is InChI=1S/C26H45N5O5S/c32-26(29-23-24-10-9-13-27-22-24)28-14-7-2-1-3-8-21-37(33,34)31(25-11-5-4-6-12-25)36-20-17-30-15-18-35-19-16-30/h9-10,13,22,25H,1-8,11-12,14-21,23H2,(H2,28,29,32). The monoisotopic (exact) mass is 539 g/mol. The topological polar surface area (TPSA) is 113 Å². The summed E-state index contributed by atoms with van der Waals surface area (Å²) < 4.78 is 33.1. The van der Waals surface area contributed by atoms with Crippen molar-refractivity contribution in [2.75, 3.05) is 51.8 Å². The van der Waals surface area contributed by atoms with Gasteiger partial charge in [-0.05, 0) is 37.3 Å². The number of nitrogens with one attached hydrogen (secondary N) is 2. The van der Waals surface area contributed by atoms with Crippen LogP contribution in [0.15, 0.2) is 24.5 Å². The van der Waals surface area contributed by atoms with Gasteiger partial charge in [0.25, 0.3) is 0 Å². The molecule has 2 heterocycles. The largest absolute Gasteiger partial charge is 0.379 e. The highest BCUT2D eigenvalue weighted by atomic mass is 32.2. The van der Waals surface area contributed by atoms with Crippen LogP contribution in [-0.4, -0.2) is 86.6 Å². The molecule has 1 saturated heterocycles. The van der Waals surface area contributed by atoms with Crippen LogP contribution in [-0.2, 0) is 26.1 Å². The summed E-state index contributed by atoms with van der Waals surface area (Å²) in [5.74, 6) is 0.121. The molecular formula is C26H45N5O5S. The maximum absolute atomic E-state index is 13.2. The lowest BCUT2D eigenvalue weighted by molar-refractivity contribution is -0.126. The molecule has 2 aliphatic rings. The fraction of sp³-hybridized carbons (Fsp3) is 0.769. The van der Waals surface area contributed by atoms with E-state index in [-0.39, 0.29) is 17.8 Å². The Morgan fingerprint density at radius 3 is 2.59 bits per heavy atom. The van der Waals surface area contributed by atoms with E-state index >= 15 is 0 Å². The molecule has 2 N–H and O–H groups in total. The molecule has 2 fully saturated rings. The number of sulfonamides is 1. The second-order valence-electron chi connectivity index (χ2n) is 9.89. The van der Waals surface area contributed by atoms with Gasteiger partial charge in [-0.25, -0.2) is 13.2 Å². The van der Waals surface area contributed by atoms with E-state index in [0.29, 0.717) is 26.1 Å². The molecule has 1 saturated carbocycles. The average molecular weight is 540 g/mol. The number of morpholine rings is 1. The Labute approximate surface area is 222 Å². The Morgan fingerprint density at radius 2 is 1.84 bits per heavy atom. The van der Waals surface area contributed by atoms with Gasteiger partial charge in [-0.15, -0.1) is 0 Å². The molecule has 3 rings (SSSR count). The van der Waals surface area contributed by atoms with Crippen molar-refractivity contribution in [3.05, 3.63) is 30.1 Å². The fourth-order valence-corrected chi connectivity index (χ4v) is 6.42. The normalized spacial score (nSPS) is 17.6. The Kier molecular flexibility index (Phi) is 13.6. The van der Waals surface area contributed by atoms with E-state index in [1.807, 2.05) is 12.1 Å². The van der Waals surface area contributed by atoms with Crippen LogP contribution in [0, 0.1) is 0 Å². The van der Waals surface area contributed by atoms with E-state index in [1.165, 1.54) is 10.9 Å². The second kappa shape index (κ2) is 16.9. The number of pyridine rings is 1. The quantitative estimate of drug-likeness (QED) is 0.245. The maximum atomic E-state index is 13.2. The minimum atomic E-state index is -3.46. The molecular weight excluding hydrogens is 494 g/mol. The van der Waals surface area contributed by atoms with E-state index in [2.05, 4.69) is 20.5 Å². The van der Waals surface area contributed by atoms with Gasteiger partial charge in [0.2, 0.25) is 10.0 Å². The molecule has 0 radical (unpaired) electrons.